The van der Waals surface area contributed by atoms with Gasteiger partial charge in [-0.15, -0.1) is 0 Å². The molecule has 0 saturated heterocycles. The summed E-state index contributed by atoms with van der Waals surface area (Å²) in [5, 5.41) is 6.19. The van der Waals surface area contributed by atoms with E-state index in [0.29, 0.717) is 31.0 Å². The van der Waals surface area contributed by atoms with Crippen molar-refractivity contribution < 1.29 is 18.3 Å². The van der Waals surface area contributed by atoms with Crippen LogP contribution in [-0.2, 0) is 11.3 Å². The lowest BCUT2D eigenvalue weighted by molar-refractivity contribution is -0.120. The zero-order valence-corrected chi connectivity index (χ0v) is 14.2. The van der Waals surface area contributed by atoms with Gasteiger partial charge in [-0.2, -0.15) is 8.78 Å². The lowest BCUT2D eigenvalue weighted by Gasteiger charge is -2.34. The largest absolute Gasteiger partial charge is 0.435 e. The minimum absolute atomic E-state index is 0.0617. The lowest BCUT2D eigenvalue weighted by atomic mass is 9.78. The van der Waals surface area contributed by atoms with Crippen LogP contribution in [0.3, 0.4) is 0 Å². The Labute approximate surface area is 142 Å². The molecule has 0 aliphatic heterocycles. The molecule has 1 aliphatic carbocycles. The van der Waals surface area contributed by atoms with Crippen molar-refractivity contribution in [1.82, 2.24) is 10.6 Å². The summed E-state index contributed by atoms with van der Waals surface area (Å²) in [7, 11) is 0. The summed E-state index contributed by atoms with van der Waals surface area (Å²) in [5.74, 6) is 1.32. The van der Waals surface area contributed by atoms with Crippen LogP contribution in [0.2, 0.25) is 0 Å². The van der Waals surface area contributed by atoms with Crippen molar-refractivity contribution in [1.29, 1.82) is 0 Å². The zero-order chi connectivity index (χ0) is 17.5. The average molecular weight is 340 g/mol. The number of hydrogen-bond acceptors (Lipinski definition) is 3. The fourth-order valence-electron chi connectivity index (χ4n) is 3.15. The number of halogens is 2. The molecule has 0 radical (unpaired) electrons. The molecule has 3 unspecified atom stereocenters. The molecule has 1 aromatic carbocycles. The number of alkyl halides is 2. The van der Waals surface area contributed by atoms with E-state index in [9.17, 15) is 13.6 Å². The van der Waals surface area contributed by atoms with Crippen LogP contribution in [0.25, 0.3) is 0 Å². The summed E-state index contributed by atoms with van der Waals surface area (Å²) in [6, 6.07) is 6.66. The third-order valence-electron chi connectivity index (χ3n) is 4.87. The second kappa shape index (κ2) is 8.97. The number of carbonyl (C=O) groups excluding carboxylic acids is 1. The first kappa shape index (κ1) is 18.6. The summed E-state index contributed by atoms with van der Waals surface area (Å²) < 4.78 is 28.4. The number of ether oxygens (including phenoxy) is 1. The summed E-state index contributed by atoms with van der Waals surface area (Å²) in [4.78, 5) is 12.0. The van der Waals surface area contributed by atoms with Crippen molar-refractivity contribution >= 4 is 5.91 Å². The Morgan fingerprint density at radius 1 is 1.25 bits per heavy atom. The van der Waals surface area contributed by atoms with Gasteiger partial charge >= 0.3 is 6.61 Å². The van der Waals surface area contributed by atoms with E-state index in [4.69, 9.17) is 0 Å². The molecule has 24 heavy (non-hydrogen) atoms. The normalized spacial score (nSPS) is 24.0. The van der Waals surface area contributed by atoms with Crippen molar-refractivity contribution in [2.45, 2.75) is 52.3 Å². The molecule has 1 fully saturated rings. The first-order valence-electron chi connectivity index (χ1n) is 8.49. The van der Waals surface area contributed by atoms with Gasteiger partial charge < -0.3 is 15.4 Å². The Morgan fingerprint density at radius 2 is 1.96 bits per heavy atom. The van der Waals surface area contributed by atoms with Crippen LogP contribution in [0.15, 0.2) is 24.3 Å². The van der Waals surface area contributed by atoms with E-state index in [1.54, 1.807) is 12.1 Å². The quantitative estimate of drug-likeness (QED) is 0.801. The number of rotatable bonds is 7. The molecule has 0 heterocycles. The molecule has 1 amide bonds. The standard InChI is InChI=1S/C18H26F2N2O2/c1-12-4-3-5-16(13(12)2)21-11-17(23)22-10-14-6-8-15(9-7-14)24-18(19)20/h6-9,12-13,16,18,21H,3-5,10-11H2,1-2H3,(H,22,23). The highest BCUT2D eigenvalue weighted by Gasteiger charge is 2.26. The van der Waals surface area contributed by atoms with Crippen LogP contribution in [0, 0.1) is 11.8 Å². The van der Waals surface area contributed by atoms with Crippen LogP contribution < -0.4 is 15.4 Å². The second-order valence-electron chi connectivity index (χ2n) is 6.55. The number of carbonyl (C=O) groups is 1. The maximum Gasteiger partial charge on any atom is 0.387 e. The highest BCUT2D eigenvalue weighted by molar-refractivity contribution is 5.78. The molecule has 6 heteroatoms. The van der Waals surface area contributed by atoms with Crippen LogP contribution in [0.5, 0.6) is 5.75 Å². The van der Waals surface area contributed by atoms with Crippen molar-refractivity contribution in [3.63, 3.8) is 0 Å². The molecule has 134 valence electrons. The molecule has 3 atom stereocenters. The summed E-state index contributed by atoms with van der Waals surface area (Å²) >= 11 is 0. The third-order valence-corrected chi connectivity index (χ3v) is 4.87. The van der Waals surface area contributed by atoms with E-state index in [-0.39, 0.29) is 11.7 Å². The Kier molecular flexibility index (Phi) is 6.97. The monoisotopic (exact) mass is 340 g/mol. The maximum absolute atomic E-state index is 12.1. The van der Waals surface area contributed by atoms with E-state index < -0.39 is 6.61 Å². The van der Waals surface area contributed by atoms with Gasteiger partial charge in [-0.1, -0.05) is 38.8 Å². The number of amides is 1. The minimum Gasteiger partial charge on any atom is -0.435 e. The van der Waals surface area contributed by atoms with E-state index in [2.05, 4.69) is 29.2 Å². The number of nitrogens with one attached hydrogen (secondary N) is 2. The van der Waals surface area contributed by atoms with Gasteiger partial charge in [0.2, 0.25) is 5.91 Å². The summed E-state index contributed by atoms with van der Waals surface area (Å²) in [5.41, 5.74) is 0.838. The van der Waals surface area contributed by atoms with E-state index in [1.807, 2.05) is 0 Å². The fourth-order valence-corrected chi connectivity index (χ4v) is 3.15. The van der Waals surface area contributed by atoms with Crippen LogP contribution in [-0.4, -0.2) is 25.1 Å². The van der Waals surface area contributed by atoms with E-state index >= 15 is 0 Å². The highest BCUT2D eigenvalue weighted by atomic mass is 19.3. The molecular formula is C18H26F2N2O2. The smallest absolute Gasteiger partial charge is 0.387 e. The van der Waals surface area contributed by atoms with Crippen molar-refractivity contribution in [2.24, 2.45) is 11.8 Å². The average Bonchev–Trinajstić information content (AvgIpc) is 2.55. The predicted molar refractivity (Wildman–Crippen MR) is 88.9 cm³/mol. The van der Waals surface area contributed by atoms with Crippen LogP contribution in [0.1, 0.15) is 38.7 Å². The van der Waals surface area contributed by atoms with Gasteiger partial charge in [0.1, 0.15) is 5.75 Å². The van der Waals surface area contributed by atoms with Crippen LogP contribution >= 0.6 is 0 Å². The SMILES string of the molecule is CC1CCCC(NCC(=O)NCc2ccc(OC(F)F)cc2)C1C. The Hall–Kier alpha value is -1.69. The molecule has 2 rings (SSSR count). The molecule has 1 aromatic rings. The number of hydrogen-bond donors (Lipinski definition) is 2. The molecule has 2 N–H and O–H groups in total. The predicted octanol–water partition coefficient (Wildman–Crippen LogP) is 3.32. The van der Waals surface area contributed by atoms with Gasteiger partial charge in [0.15, 0.2) is 0 Å². The molecule has 0 aromatic heterocycles. The van der Waals surface area contributed by atoms with Crippen molar-refractivity contribution in [3.05, 3.63) is 29.8 Å². The summed E-state index contributed by atoms with van der Waals surface area (Å²) in [6.07, 6.45) is 3.58. The van der Waals surface area contributed by atoms with Crippen LogP contribution in [0.4, 0.5) is 8.78 Å². The summed E-state index contributed by atoms with van der Waals surface area (Å²) in [6.45, 7) is 2.34. The molecule has 0 bridgehead atoms. The van der Waals surface area contributed by atoms with Gasteiger partial charge in [0.25, 0.3) is 0 Å². The Balaban J connectivity index is 1.71. The van der Waals surface area contributed by atoms with Crippen molar-refractivity contribution in [2.75, 3.05) is 6.54 Å². The molecule has 4 nitrogen and oxygen atoms in total. The molecule has 0 spiro atoms. The van der Waals surface area contributed by atoms with Crippen molar-refractivity contribution in [3.8, 4) is 5.75 Å². The van der Waals surface area contributed by atoms with Gasteiger partial charge in [-0.3, -0.25) is 4.79 Å². The molecule has 1 saturated carbocycles. The van der Waals surface area contributed by atoms with Gasteiger partial charge in [-0.05, 0) is 36.0 Å². The van der Waals surface area contributed by atoms with Gasteiger partial charge in [-0.25, -0.2) is 0 Å². The topological polar surface area (TPSA) is 50.4 Å². The van der Waals surface area contributed by atoms with Gasteiger partial charge in [0.05, 0.1) is 6.54 Å². The Bertz CT molecular complexity index is 522. The fraction of sp³-hybridized carbons (Fsp3) is 0.611. The molecular weight excluding hydrogens is 314 g/mol. The second-order valence-corrected chi connectivity index (χ2v) is 6.55. The third kappa shape index (κ3) is 5.74. The van der Waals surface area contributed by atoms with Gasteiger partial charge in [0, 0.05) is 12.6 Å². The Morgan fingerprint density at radius 3 is 2.62 bits per heavy atom. The first-order chi connectivity index (χ1) is 11.5. The van der Waals surface area contributed by atoms with E-state index in [1.165, 1.54) is 25.0 Å². The number of benzene rings is 1. The highest BCUT2D eigenvalue weighted by Crippen LogP contribution is 2.29. The van der Waals surface area contributed by atoms with E-state index in [0.717, 1.165) is 12.0 Å². The molecule has 1 aliphatic rings. The lowest BCUT2D eigenvalue weighted by Crippen LogP contribution is -2.45. The zero-order valence-electron chi connectivity index (χ0n) is 14.2. The first-order valence-corrected chi connectivity index (χ1v) is 8.49. The minimum atomic E-state index is -2.83. The maximum atomic E-state index is 12.1.